The van der Waals surface area contributed by atoms with E-state index in [1.807, 2.05) is 6.92 Å². The number of aliphatic hydroxyl groups is 1. The standard InChI is InChI=1S/C15H26N4O/c1-4-8-16-13-10(3)14(17-12(5-2)9-20)19-15(18-13)11-6-7-11/h11-12,20H,4-9H2,1-3H3,(H2,16,17,18,19). The molecule has 0 aliphatic heterocycles. The van der Waals surface area contributed by atoms with Gasteiger partial charge in [0, 0.05) is 18.0 Å². The van der Waals surface area contributed by atoms with Crippen molar-refractivity contribution in [3.63, 3.8) is 0 Å². The van der Waals surface area contributed by atoms with Gasteiger partial charge in [-0.15, -0.1) is 0 Å². The third kappa shape index (κ3) is 3.60. The Labute approximate surface area is 121 Å². The highest BCUT2D eigenvalue weighted by molar-refractivity contribution is 5.58. The molecule has 0 bridgehead atoms. The fourth-order valence-corrected chi connectivity index (χ4v) is 2.08. The second-order valence-electron chi connectivity index (χ2n) is 5.54. The zero-order valence-electron chi connectivity index (χ0n) is 12.7. The lowest BCUT2D eigenvalue weighted by atomic mass is 10.2. The maximum Gasteiger partial charge on any atom is 0.136 e. The number of aromatic nitrogens is 2. The van der Waals surface area contributed by atoms with Crippen molar-refractivity contribution in [2.24, 2.45) is 0 Å². The van der Waals surface area contributed by atoms with E-state index in [0.717, 1.165) is 42.4 Å². The van der Waals surface area contributed by atoms with Crippen molar-refractivity contribution in [1.29, 1.82) is 0 Å². The Morgan fingerprint density at radius 2 is 1.95 bits per heavy atom. The Hall–Kier alpha value is -1.36. The summed E-state index contributed by atoms with van der Waals surface area (Å²) in [5.74, 6) is 3.25. The van der Waals surface area contributed by atoms with Crippen LogP contribution in [0.2, 0.25) is 0 Å². The first kappa shape index (κ1) is 15.0. The van der Waals surface area contributed by atoms with Crippen molar-refractivity contribution < 1.29 is 5.11 Å². The molecule has 0 spiro atoms. The molecule has 1 atom stereocenters. The summed E-state index contributed by atoms with van der Waals surface area (Å²) in [4.78, 5) is 9.33. The van der Waals surface area contributed by atoms with Crippen LogP contribution in [0.4, 0.5) is 11.6 Å². The summed E-state index contributed by atoms with van der Waals surface area (Å²) >= 11 is 0. The Morgan fingerprint density at radius 3 is 2.50 bits per heavy atom. The van der Waals surface area contributed by atoms with Gasteiger partial charge in [0.15, 0.2) is 0 Å². The van der Waals surface area contributed by atoms with Crippen LogP contribution in [0.5, 0.6) is 0 Å². The minimum absolute atomic E-state index is 0.0506. The summed E-state index contributed by atoms with van der Waals surface area (Å²) < 4.78 is 0. The molecule has 1 fully saturated rings. The van der Waals surface area contributed by atoms with Gasteiger partial charge in [0.1, 0.15) is 17.5 Å². The second kappa shape index (κ2) is 6.88. The third-order valence-electron chi connectivity index (χ3n) is 3.70. The first-order valence-electron chi connectivity index (χ1n) is 7.69. The number of nitrogens with zero attached hydrogens (tertiary/aromatic N) is 2. The molecule has 0 radical (unpaired) electrons. The molecule has 1 aliphatic rings. The van der Waals surface area contributed by atoms with Crippen LogP contribution in [0.3, 0.4) is 0 Å². The van der Waals surface area contributed by atoms with Gasteiger partial charge in [-0.3, -0.25) is 0 Å². The van der Waals surface area contributed by atoms with Crippen LogP contribution in [0.1, 0.15) is 56.8 Å². The van der Waals surface area contributed by atoms with Crippen LogP contribution in [0, 0.1) is 6.92 Å². The number of hydrogen-bond acceptors (Lipinski definition) is 5. The second-order valence-corrected chi connectivity index (χ2v) is 5.54. The Balaban J connectivity index is 2.25. The highest BCUT2D eigenvalue weighted by atomic mass is 16.3. The molecule has 5 heteroatoms. The molecule has 3 N–H and O–H groups in total. The highest BCUT2D eigenvalue weighted by Crippen LogP contribution is 2.39. The van der Waals surface area contributed by atoms with E-state index in [1.165, 1.54) is 12.8 Å². The molecule has 20 heavy (non-hydrogen) atoms. The first-order valence-corrected chi connectivity index (χ1v) is 7.69. The summed E-state index contributed by atoms with van der Waals surface area (Å²) in [5, 5.41) is 16.1. The molecule has 1 unspecified atom stereocenters. The fourth-order valence-electron chi connectivity index (χ4n) is 2.08. The van der Waals surface area contributed by atoms with Gasteiger partial charge in [0.2, 0.25) is 0 Å². The number of aliphatic hydroxyl groups excluding tert-OH is 1. The largest absolute Gasteiger partial charge is 0.394 e. The molecular formula is C15H26N4O. The smallest absolute Gasteiger partial charge is 0.136 e. The van der Waals surface area contributed by atoms with Crippen LogP contribution in [-0.4, -0.2) is 34.3 Å². The van der Waals surface area contributed by atoms with E-state index in [0.29, 0.717) is 5.92 Å². The topological polar surface area (TPSA) is 70.1 Å². The van der Waals surface area contributed by atoms with E-state index in [2.05, 4.69) is 34.4 Å². The molecule has 0 amide bonds. The van der Waals surface area contributed by atoms with Crippen molar-refractivity contribution in [2.75, 3.05) is 23.8 Å². The van der Waals surface area contributed by atoms with E-state index < -0.39 is 0 Å². The van der Waals surface area contributed by atoms with Gasteiger partial charge in [-0.1, -0.05) is 13.8 Å². The summed E-state index contributed by atoms with van der Waals surface area (Å²) in [5.41, 5.74) is 1.04. The van der Waals surface area contributed by atoms with Crippen molar-refractivity contribution >= 4 is 11.6 Å². The number of nitrogens with one attached hydrogen (secondary N) is 2. The lowest BCUT2D eigenvalue weighted by Gasteiger charge is -2.19. The van der Waals surface area contributed by atoms with E-state index >= 15 is 0 Å². The number of anilines is 2. The minimum Gasteiger partial charge on any atom is -0.394 e. The highest BCUT2D eigenvalue weighted by Gasteiger charge is 2.28. The van der Waals surface area contributed by atoms with Crippen molar-refractivity contribution in [2.45, 2.75) is 58.4 Å². The fraction of sp³-hybridized carbons (Fsp3) is 0.733. The Kier molecular flexibility index (Phi) is 5.17. The van der Waals surface area contributed by atoms with Gasteiger partial charge >= 0.3 is 0 Å². The molecule has 2 rings (SSSR count). The molecule has 1 heterocycles. The van der Waals surface area contributed by atoms with Crippen molar-refractivity contribution in [3.8, 4) is 0 Å². The zero-order chi connectivity index (χ0) is 14.5. The van der Waals surface area contributed by atoms with E-state index in [4.69, 9.17) is 0 Å². The summed E-state index contributed by atoms with van der Waals surface area (Å²) in [7, 11) is 0. The summed E-state index contributed by atoms with van der Waals surface area (Å²) in [6.07, 6.45) is 4.31. The molecule has 112 valence electrons. The predicted octanol–water partition coefficient (Wildman–Crippen LogP) is 2.67. The molecule has 1 aromatic heterocycles. The first-order chi connectivity index (χ1) is 9.69. The van der Waals surface area contributed by atoms with Gasteiger partial charge in [0.25, 0.3) is 0 Å². The van der Waals surface area contributed by atoms with Crippen molar-refractivity contribution in [1.82, 2.24) is 9.97 Å². The third-order valence-corrected chi connectivity index (χ3v) is 3.70. The normalized spacial score (nSPS) is 16.0. The van der Waals surface area contributed by atoms with Gasteiger partial charge < -0.3 is 15.7 Å². The molecule has 5 nitrogen and oxygen atoms in total. The zero-order valence-corrected chi connectivity index (χ0v) is 12.7. The molecule has 1 saturated carbocycles. The average Bonchev–Trinajstić information content (AvgIpc) is 3.29. The van der Waals surface area contributed by atoms with Gasteiger partial charge in [-0.2, -0.15) is 0 Å². The van der Waals surface area contributed by atoms with Crippen molar-refractivity contribution in [3.05, 3.63) is 11.4 Å². The Morgan fingerprint density at radius 1 is 1.25 bits per heavy atom. The molecule has 1 aromatic rings. The molecule has 0 saturated heterocycles. The lowest BCUT2D eigenvalue weighted by molar-refractivity contribution is 0.271. The minimum atomic E-state index is 0.0506. The van der Waals surface area contributed by atoms with Crippen LogP contribution in [-0.2, 0) is 0 Å². The van der Waals surface area contributed by atoms with Crippen LogP contribution in [0.25, 0.3) is 0 Å². The summed E-state index contributed by atoms with van der Waals surface area (Å²) in [6.45, 7) is 7.27. The van der Waals surface area contributed by atoms with Crippen LogP contribution < -0.4 is 10.6 Å². The van der Waals surface area contributed by atoms with E-state index in [9.17, 15) is 5.11 Å². The summed E-state index contributed by atoms with van der Waals surface area (Å²) in [6, 6.07) is 0.0506. The van der Waals surface area contributed by atoms with Gasteiger partial charge in [-0.25, -0.2) is 9.97 Å². The van der Waals surface area contributed by atoms with Gasteiger partial charge in [0.05, 0.1) is 12.6 Å². The van der Waals surface area contributed by atoms with E-state index in [-0.39, 0.29) is 12.6 Å². The molecule has 1 aliphatic carbocycles. The monoisotopic (exact) mass is 278 g/mol. The quantitative estimate of drug-likeness (QED) is 0.682. The number of rotatable bonds is 8. The lowest BCUT2D eigenvalue weighted by Crippen LogP contribution is -2.24. The molecule has 0 aromatic carbocycles. The Bertz CT molecular complexity index is 442. The SMILES string of the molecule is CCCNc1nc(C2CC2)nc(NC(CC)CO)c1C. The predicted molar refractivity (Wildman–Crippen MR) is 82.3 cm³/mol. The van der Waals surface area contributed by atoms with E-state index in [1.54, 1.807) is 0 Å². The van der Waals surface area contributed by atoms with Crippen LogP contribution >= 0.6 is 0 Å². The average molecular weight is 278 g/mol. The maximum absolute atomic E-state index is 9.36. The number of hydrogen-bond donors (Lipinski definition) is 3. The van der Waals surface area contributed by atoms with Crippen LogP contribution in [0.15, 0.2) is 0 Å². The maximum atomic E-state index is 9.36. The molecular weight excluding hydrogens is 252 g/mol. The van der Waals surface area contributed by atoms with Gasteiger partial charge in [-0.05, 0) is 32.6 Å².